The third-order valence-corrected chi connectivity index (χ3v) is 3.60. The maximum absolute atomic E-state index is 11.7. The first-order chi connectivity index (χ1) is 9.82. The van der Waals surface area contributed by atoms with Gasteiger partial charge in [0.05, 0.1) is 28.6 Å². The highest BCUT2D eigenvalue weighted by molar-refractivity contribution is 5.88. The topological polar surface area (TPSA) is 104 Å². The Labute approximate surface area is 123 Å². The Hall–Kier alpha value is -2.08. The van der Waals surface area contributed by atoms with Crippen molar-refractivity contribution in [3.8, 4) is 0 Å². The number of aromatic nitrogens is 2. The molecule has 0 aliphatic carbocycles. The average molecular weight is 290 g/mol. The van der Waals surface area contributed by atoms with Crippen LogP contribution in [-0.4, -0.2) is 27.7 Å². The van der Waals surface area contributed by atoms with Gasteiger partial charge in [-0.2, -0.15) is 0 Å². The summed E-state index contributed by atoms with van der Waals surface area (Å²) in [4.78, 5) is 18.4. The zero-order chi connectivity index (χ0) is 15.6. The van der Waals surface area contributed by atoms with Gasteiger partial charge in [-0.1, -0.05) is 20.8 Å². The molecule has 1 heterocycles. The molecule has 114 valence electrons. The molecule has 0 radical (unpaired) electrons. The van der Waals surface area contributed by atoms with Crippen LogP contribution in [0.3, 0.4) is 0 Å². The minimum Gasteiger partial charge on any atom is -0.397 e. The first kappa shape index (κ1) is 15.3. The van der Waals surface area contributed by atoms with Crippen molar-refractivity contribution in [2.24, 2.45) is 5.41 Å². The summed E-state index contributed by atoms with van der Waals surface area (Å²) < 4.78 is 0. The van der Waals surface area contributed by atoms with Crippen LogP contribution in [0.5, 0.6) is 0 Å². The third kappa shape index (κ3) is 3.33. The number of H-pyrrole nitrogens is 1. The molecule has 1 unspecified atom stereocenters. The van der Waals surface area contributed by atoms with Crippen LogP contribution in [0.15, 0.2) is 23.3 Å². The molecule has 2 rings (SSSR count). The highest BCUT2D eigenvalue weighted by atomic mass is 16.3. The second-order valence-corrected chi connectivity index (χ2v) is 6.26. The van der Waals surface area contributed by atoms with E-state index >= 15 is 0 Å². The number of fused-ring (bicyclic) bond motifs is 1. The number of rotatable bonds is 4. The molecule has 0 aliphatic heterocycles. The summed E-state index contributed by atoms with van der Waals surface area (Å²) in [5, 5.41) is 13.1. The largest absolute Gasteiger partial charge is 0.397 e. The predicted octanol–water partition coefficient (Wildman–Crippen LogP) is 1.71. The summed E-state index contributed by atoms with van der Waals surface area (Å²) in [7, 11) is 0. The molecule has 0 fully saturated rings. The number of aliphatic hydroxyl groups is 1. The van der Waals surface area contributed by atoms with E-state index in [0.29, 0.717) is 23.0 Å². The third-order valence-electron chi connectivity index (χ3n) is 3.60. The van der Waals surface area contributed by atoms with Crippen LogP contribution in [0.4, 0.5) is 11.4 Å². The number of nitrogens with two attached hydrogens (primary N) is 1. The number of nitrogens with zero attached hydrogens (tertiary/aromatic N) is 1. The zero-order valence-electron chi connectivity index (χ0n) is 12.6. The van der Waals surface area contributed by atoms with Crippen molar-refractivity contribution in [2.45, 2.75) is 33.2 Å². The van der Waals surface area contributed by atoms with Crippen LogP contribution in [-0.2, 0) is 0 Å². The molecule has 1 atom stereocenters. The average Bonchev–Trinajstić information content (AvgIpc) is 2.39. The summed E-state index contributed by atoms with van der Waals surface area (Å²) in [6, 6.07) is 3.46. The molecule has 1 aromatic heterocycles. The minimum absolute atomic E-state index is 0.0360. The van der Waals surface area contributed by atoms with Gasteiger partial charge in [-0.3, -0.25) is 4.79 Å². The number of anilines is 2. The molecule has 0 aliphatic rings. The van der Waals surface area contributed by atoms with Crippen molar-refractivity contribution in [3.63, 3.8) is 0 Å². The smallest absolute Gasteiger partial charge is 0.258 e. The maximum Gasteiger partial charge on any atom is 0.258 e. The second kappa shape index (κ2) is 5.73. The van der Waals surface area contributed by atoms with Crippen molar-refractivity contribution in [1.82, 2.24) is 9.97 Å². The van der Waals surface area contributed by atoms with Gasteiger partial charge in [-0.25, -0.2) is 4.98 Å². The van der Waals surface area contributed by atoms with Crippen molar-refractivity contribution in [2.75, 3.05) is 17.7 Å². The van der Waals surface area contributed by atoms with E-state index in [1.54, 1.807) is 12.1 Å². The van der Waals surface area contributed by atoms with Gasteiger partial charge in [0.1, 0.15) is 0 Å². The van der Waals surface area contributed by atoms with Gasteiger partial charge in [0.15, 0.2) is 0 Å². The fourth-order valence-electron chi connectivity index (χ4n) is 2.30. The van der Waals surface area contributed by atoms with E-state index in [-0.39, 0.29) is 23.6 Å². The number of hydrogen-bond donors (Lipinski definition) is 4. The van der Waals surface area contributed by atoms with E-state index in [1.165, 1.54) is 6.33 Å². The number of nitrogens with one attached hydrogen (secondary N) is 2. The van der Waals surface area contributed by atoms with Crippen molar-refractivity contribution in [1.29, 1.82) is 0 Å². The van der Waals surface area contributed by atoms with E-state index < -0.39 is 0 Å². The molecule has 0 bridgehead atoms. The monoisotopic (exact) mass is 290 g/mol. The normalized spacial score (nSPS) is 13.3. The lowest BCUT2D eigenvalue weighted by molar-refractivity contribution is 0.235. The van der Waals surface area contributed by atoms with Gasteiger partial charge in [0, 0.05) is 12.6 Å². The summed E-state index contributed by atoms with van der Waals surface area (Å²) in [6.07, 6.45) is 1.99. The van der Waals surface area contributed by atoms with Crippen LogP contribution < -0.4 is 16.6 Å². The summed E-state index contributed by atoms with van der Waals surface area (Å²) in [5.74, 6) is 0. The van der Waals surface area contributed by atoms with Crippen LogP contribution in [0.1, 0.15) is 27.2 Å². The van der Waals surface area contributed by atoms with E-state index in [2.05, 4.69) is 36.1 Å². The van der Waals surface area contributed by atoms with Crippen LogP contribution in [0.2, 0.25) is 0 Å². The molecule has 1 aromatic carbocycles. The Morgan fingerprint density at radius 2 is 2.14 bits per heavy atom. The van der Waals surface area contributed by atoms with Crippen molar-refractivity contribution >= 4 is 22.3 Å². The molecule has 2 aromatic rings. The summed E-state index contributed by atoms with van der Waals surface area (Å²) >= 11 is 0. The van der Waals surface area contributed by atoms with Gasteiger partial charge in [0.25, 0.3) is 5.56 Å². The highest BCUT2D eigenvalue weighted by Crippen LogP contribution is 2.29. The van der Waals surface area contributed by atoms with Crippen molar-refractivity contribution < 1.29 is 5.11 Å². The maximum atomic E-state index is 11.7. The van der Waals surface area contributed by atoms with Crippen molar-refractivity contribution in [3.05, 3.63) is 28.8 Å². The molecule has 0 saturated carbocycles. The van der Waals surface area contributed by atoms with E-state index in [1.807, 2.05) is 0 Å². The minimum atomic E-state index is -0.207. The Bertz CT molecular complexity index is 688. The van der Waals surface area contributed by atoms with Gasteiger partial charge in [-0.05, 0) is 24.0 Å². The number of aliphatic hydroxyl groups excluding tert-OH is 1. The van der Waals surface area contributed by atoms with Crippen LogP contribution in [0, 0.1) is 5.41 Å². The SMILES string of the molecule is CC(C)(C)C(CCO)Nc1cc2nc[nH]c(=O)c2cc1N. The number of hydrogen-bond acceptors (Lipinski definition) is 5. The molecule has 5 N–H and O–H groups in total. The molecule has 0 spiro atoms. The van der Waals surface area contributed by atoms with Crippen LogP contribution in [0.25, 0.3) is 10.9 Å². The molecular weight excluding hydrogens is 268 g/mol. The molecule has 6 nitrogen and oxygen atoms in total. The Morgan fingerprint density at radius 3 is 2.76 bits per heavy atom. The van der Waals surface area contributed by atoms with E-state index in [4.69, 9.17) is 5.73 Å². The lowest BCUT2D eigenvalue weighted by Gasteiger charge is -2.32. The second-order valence-electron chi connectivity index (χ2n) is 6.26. The lowest BCUT2D eigenvalue weighted by Crippen LogP contribution is -2.35. The zero-order valence-corrected chi connectivity index (χ0v) is 12.6. The number of aromatic amines is 1. The quantitative estimate of drug-likeness (QED) is 0.642. The molecular formula is C15H22N4O2. The molecule has 6 heteroatoms. The van der Waals surface area contributed by atoms with Gasteiger partial charge in [0.2, 0.25) is 0 Å². The van der Waals surface area contributed by atoms with Crippen LogP contribution >= 0.6 is 0 Å². The molecule has 0 saturated heterocycles. The number of nitrogen functional groups attached to an aromatic ring is 1. The first-order valence-corrected chi connectivity index (χ1v) is 6.97. The Kier molecular flexibility index (Phi) is 4.18. The number of benzene rings is 1. The Morgan fingerprint density at radius 1 is 1.43 bits per heavy atom. The summed E-state index contributed by atoms with van der Waals surface area (Å²) in [6.45, 7) is 6.39. The fraction of sp³-hybridized carbons (Fsp3) is 0.467. The molecule has 0 amide bonds. The molecule has 21 heavy (non-hydrogen) atoms. The van der Waals surface area contributed by atoms with Gasteiger partial charge in [-0.15, -0.1) is 0 Å². The highest BCUT2D eigenvalue weighted by Gasteiger charge is 2.24. The van der Waals surface area contributed by atoms with E-state index in [9.17, 15) is 9.90 Å². The van der Waals surface area contributed by atoms with Gasteiger partial charge >= 0.3 is 0 Å². The predicted molar refractivity (Wildman–Crippen MR) is 85.3 cm³/mol. The Balaban J connectivity index is 2.42. The van der Waals surface area contributed by atoms with Gasteiger partial charge < -0.3 is 21.1 Å². The standard InChI is InChI=1S/C15H22N4O2/c1-15(2,3)13(4-5-20)19-12-7-11-9(6-10(12)16)14(21)18-8-17-11/h6-8,13,19-20H,4-5,16H2,1-3H3,(H,17,18,21). The fourth-order valence-corrected chi connectivity index (χ4v) is 2.30. The summed E-state index contributed by atoms with van der Waals surface area (Å²) in [5.41, 5.74) is 7.61. The lowest BCUT2D eigenvalue weighted by atomic mass is 9.84. The first-order valence-electron chi connectivity index (χ1n) is 6.97. The van der Waals surface area contributed by atoms with E-state index in [0.717, 1.165) is 5.69 Å².